The van der Waals surface area contributed by atoms with Crippen molar-refractivity contribution in [2.45, 2.75) is 70.9 Å². The number of allylic oxidation sites excluding steroid dienone is 1. The third-order valence-electron chi connectivity index (χ3n) is 5.19. The Balaban J connectivity index is 2.98. The second-order valence-corrected chi connectivity index (χ2v) is 13.1. The molecule has 0 amide bonds. The van der Waals surface area contributed by atoms with E-state index in [1.807, 2.05) is 37.3 Å². The number of hydrogen-bond donors (Lipinski definition) is 1. The maximum Gasteiger partial charge on any atom is 0.127 e. The zero-order valence-corrected chi connectivity index (χ0v) is 16.7. The van der Waals surface area contributed by atoms with Crippen molar-refractivity contribution in [3.63, 3.8) is 0 Å². The van der Waals surface area contributed by atoms with Gasteiger partial charge < -0.3 is 9.84 Å². The van der Waals surface area contributed by atoms with Crippen LogP contribution < -0.4 is 0 Å². The van der Waals surface area contributed by atoms with Gasteiger partial charge in [-0.3, -0.25) is 0 Å². The van der Waals surface area contributed by atoms with E-state index in [1.165, 1.54) is 5.56 Å². The number of hydrogen-bond acceptors (Lipinski definition) is 2. The van der Waals surface area contributed by atoms with Gasteiger partial charge in [0, 0.05) is 6.23 Å². The van der Waals surface area contributed by atoms with Crippen LogP contribution in [0.2, 0.25) is 11.6 Å². The van der Waals surface area contributed by atoms with Crippen LogP contribution in [0.15, 0.2) is 42.5 Å². The Morgan fingerprint density at radius 3 is 2.26 bits per heavy atom. The summed E-state index contributed by atoms with van der Waals surface area (Å²) in [7, 11) is -2.15. The quantitative estimate of drug-likeness (QED) is 0.518. The van der Waals surface area contributed by atoms with Crippen LogP contribution in [0.25, 0.3) is 0 Å². The predicted octanol–water partition coefficient (Wildman–Crippen LogP) is 5.27. The first-order chi connectivity index (χ1) is 10.7. The highest BCUT2D eigenvalue weighted by Gasteiger charge is 2.54. The van der Waals surface area contributed by atoms with Gasteiger partial charge in [-0.2, -0.15) is 0 Å². The van der Waals surface area contributed by atoms with Crippen molar-refractivity contribution in [3.05, 3.63) is 48.0 Å². The van der Waals surface area contributed by atoms with E-state index in [1.54, 1.807) is 0 Å². The van der Waals surface area contributed by atoms with Crippen LogP contribution in [0.3, 0.4) is 0 Å². The molecule has 0 aliphatic heterocycles. The van der Waals surface area contributed by atoms with Gasteiger partial charge in [-0.1, -0.05) is 83.1 Å². The summed E-state index contributed by atoms with van der Waals surface area (Å²) in [6, 6.07) is 10.3. The summed E-state index contributed by atoms with van der Waals surface area (Å²) in [5, 5.41) is 10.8. The Labute approximate surface area is 143 Å². The van der Waals surface area contributed by atoms with Crippen molar-refractivity contribution < 1.29 is 9.84 Å². The lowest BCUT2D eigenvalue weighted by Gasteiger charge is -2.50. The van der Waals surface area contributed by atoms with Crippen molar-refractivity contribution in [1.29, 1.82) is 0 Å². The molecule has 0 saturated heterocycles. The van der Waals surface area contributed by atoms with Gasteiger partial charge in [0.15, 0.2) is 0 Å². The number of benzene rings is 1. The molecular formula is C20H34O2Si. The number of ether oxygens (including phenoxy) is 1. The molecule has 0 saturated carbocycles. The van der Waals surface area contributed by atoms with Crippen LogP contribution in [0.5, 0.6) is 0 Å². The van der Waals surface area contributed by atoms with Crippen LogP contribution in [0.4, 0.5) is 0 Å². The van der Waals surface area contributed by atoms with Crippen molar-refractivity contribution in [2.24, 2.45) is 0 Å². The second-order valence-electron chi connectivity index (χ2n) is 7.73. The third-order valence-corrected chi connectivity index (χ3v) is 11.6. The fourth-order valence-corrected chi connectivity index (χ4v) is 6.97. The van der Waals surface area contributed by atoms with Crippen molar-refractivity contribution >= 4 is 8.07 Å². The van der Waals surface area contributed by atoms with Gasteiger partial charge >= 0.3 is 0 Å². The standard InChI is InChI=1S/C20H34O2Si/c1-7-14-20(21,15-8-2)23(6,19(3,4)5)17-22-16-18-12-10-9-11-13-18/h7,9-14,21H,8,15-17H2,1-6H3/b14-7+/t20-,23-/m0/s1. The molecule has 3 heteroatoms. The summed E-state index contributed by atoms with van der Waals surface area (Å²) >= 11 is 0. The molecule has 2 nitrogen and oxygen atoms in total. The van der Waals surface area contributed by atoms with E-state index in [9.17, 15) is 5.11 Å². The minimum absolute atomic E-state index is 0.0487. The van der Waals surface area contributed by atoms with Gasteiger partial charge in [0.25, 0.3) is 0 Å². The molecule has 0 radical (unpaired) electrons. The Kier molecular flexibility index (Phi) is 7.24. The summed E-state index contributed by atoms with van der Waals surface area (Å²) in [6.07, 6.45) is 6.43. The van der Waals surface area contributed by atoms with Gasteiger partial charge in [-0.15, -0.1) is 0 Å². The van der Waals surface area contributed by atoms with Crippen LogP contribution >= 0.6 is 0 Å². The molecule has 0 heterocycles. The smallest absolute Gasteiger partial charge is 0.127 e. The molecule has 23 heavy (non-hydrogen) atoms. The van der Waals surface area contributed by atoms with Crippen molar-refractivity contribution in [2.75, 3.05) is 6.23 Å². The van der Waals surface area contributed by atoms with E-state index in [0.717, 1.165) is 12.8 Å². The highest BCUT2D eigenvalue weighted by atomic mass is 28.3. The molecule has 0 fully saturated rings. The average molecular weight is 335 g/mol. The molecule has 130 valence electrons. The summed E-state index contributed by atoms with van der Waals surface area (Å²) in [6.45, 7) is 13.8. The fraction of sp³-hybridized carbons (Fsp3) is 0.600. The van der Waals surface area contributed by atoms with Gasteiger partial charge in [0.2, 0.25) is 0 Å². The SMILES string of the molecule is C/C=C/[C@@](O)(CCC)[Si@@](C)(COCc1ccccc1)C(C)(C)C. The Morgan fingerprint density at radius 1 is 1.17 bits per heavy atom. The minimum Gasteiger partial charge on any atom is -0.389 e. The average Bonchev–Trinajstić information content (AvgIpc) is 2.47. The Bertz CT molecular complexity index is 492. The van der Waals surface area contributed by atoms with E-state index in [-0.39, 0.29) is 5.04 Å². The van der Waals surface area contributed by atoms with E-state index >= 15 is 0 Å². The van der Waals surface area contributed by atoms with Crippen molar-refractivity contribution in [1.82, 2.24) is 0 Å². The highest BCUT2D eigenvalue weighted by Crippen LogP contribution is 2.45. The van der Waals surface area contributed by atoms with Gasteiger partial charge in [0.05, 0.1) is 11.8 Å². The van der Waals surface area contributed by atoms with Crippen LogP contribution in [0.1, 0.15) is 53.0 Å². The van der Waals surface area contributed by atoms with Crippen molar-refractivity contribution in [3.8, 4) is 0 Å². The van der Waals surface area contributed by atoms with E-state index in [4.69, 9.17) is 4.74 Å². The Hall–Kier alpha value is -0.903. The first-order valence-electron chi connectivity index (χ1n) is 8.68. The van der Waals surface area contributed by atoms with Gasteiger partial charge in [-0.25, -0.2) is 0 Å². The number of rotatable bonds is 8. The molecule has 0 aromatic heterocycles. The minimum atomic E-state index is -2.15. The third kappa shape index (κ3) is 4.79. The number of aliphatic hydroxyl groups is 1. The Morgan fingerprint density at radius 2 is 1.78 bits per heavy atom. The molecule has 1 N–H and O–H groups in total. The molecular weight excluding hydrogens is 300 g/mol. The first kappa shape index (κ1) is 20.1. The summed E-state index contributed by atoms with van der Waals surface area (Å²) < 4.78 is 6.12. The molecule has 0 unspecified atom stereocenters. The van der Waals surface area contributed by atoms with E-state index in [0.29, 0.717) is 12.8 Å². The molecule has 1 aromatic carbocycles. The molecule has 0 spiro atoms. The molecule has 0 aliphatic carbocycles. The van der Waals surface area contributed by atoms with Gasteiger partial charge in [-0.05, 0) is 23.9 Å². The maximum absolute atomic E-state index is 11.5. The maximum atomic E-state index is 11.5. The summed E-state index contributed by atoms with van der Waals surface area (Å²) in [5.74, 6) is 0. The molecule has 0 bridgehead atoms. The zero-order chi connectivity index (χ0) is 17.6. The second kappa shape index (κ2) is 8.27. The monoisotopic (exact) mass is 334 g/mol. The largest absolute Gasteiger partial charge is 0.389 e. The molecule has 2 atom stereocenters. The highest BCUT2D eigenvalue weighted by molar-refractivity contribution is 6.84. The lowest BCUT2D eigenvalue weighted by atomic mass is 10.2. The van der Waals surface area contributed by atoms with Crippen LogP contribution in [-0.2, 0) is 11.3 Å². The lowest BCUT2D eigenvalue weighted by Crippen LogP contribution is -2.64. The normalized spacial score (nSPS) is 17.9. The summed E-state index contributed by atoms with van der Waals surface area (Å²) in [5.41, 5.74) is 1.18. The van der Waals surface area contributed by atoms with Gasteiger partial charge in [0.1, 0.15) is 8.07 Å². The molecule has 0 aliphatic rings. The molecule has 1 rings (SSSR count). The predicted molar refractivity (Wildman–Crippen MR) is 102 cm³/mol. The zero-order valence-electron chi connectivity index (χ0n) is 15.7. The fourth-order valence-electron chi connectivity index (χ4n) is 3.14. The molecule has 1 aromatic rings. The summed E-state index contributed by atoms with van der Waals surface area (Å²) in [4.78, 5) is 0. The lowest BCUT2D eigenvalue weighted by molar-refractivity contribution is 0.114. The topological polar surface area (TPSA) is 29.5 Å². The van der Waals surface area contributed by atoms with E-state index < -0.39 is 13.3 Å². The van der Waals surface area contributed by atoms with Crippen LogP contribution in [-0.4, -0.2) is 24.6 Å². The van der Waals surface area contributed by atoms with Crippen LogP contribution in [0, 0.1) is 0 Å². The first-order valence-corrected chi connectivity index (χ1v) is 11.4. The van der Waals surface area contributed by atoms with E-state index in [2.05, 4.69) is 46.4 Å².